The Morgan fingerprint density at radius 3 is 2.64 bits per heavy atom. The van der Waals surface area contributed by atoms with Crippen LogP contribution in [-0.2, 0) is 0 Å². The van der Waals surface area contributed by atoms with Gasteiger partial charge in [-0.2, -0.15) is 5.10 Å². The summed E-state index contributed by atoms with van der Waals surface area (Å²) in [6.45, 7) is 2.49. The van der Waals surface area contributed by atoms with Crippen LogP contribution in [0.15, 0.2) is 49.1 Å². The molecule has 0 bridgehead atoms. The van der Waals surface area contributed by atoms with Crippen molar-refractivity contribution >= 4 is 17.5 Å². The number of ketones is 1. The van der Waals surface area contributed by atoms with Crippen molar-refractivity contribution in [3.8, 4) is 5.69 Å². The second-order valence-electron chi connectivity index (χ2n) is 6.80. The highest BCUT2D eigenvalue weighted by atomic mass is 16.2. The summed E-state index contributed by atoms with van der Waals surface area (Å²) in [6.07, 6.45) is 7.18. The fourth-order valence-corrected chi connectivity index (χ4v) is 3.46. The smallest absolute Gasteiger partial charge is 0.274 e. The Hall–Kier alpha value is -3.55. The van der Waals surface area contributed by atoms with Gasteiger partial charge in [-0.25, -0.2) is 9.67 Å². The third-order valence-corrected chi connectivity index (χ3v) is 4.95. The average Bonchev–Trinajstić information content (AvgIpc) is 3.35. The van der Waals surface area contributed by atoms with Gasteiger partial charge in [-0.3, -0.25) is 14.6 Å². The maximum atomic E-state index is 13.1. The van der Waals surface area contributed by atoms with E-state index in [1.807, 2.05) is 31.2 Å². The molecule has 0 radical (unpaired) electrons. The van der Waals surface area contributed by atoms with Crippen molar-refractivity contribution < 1.29 is 9.59 Å². The van der Waals surface area contributed by atoms with Gasteiger partial charge in [0.05, 0.1) is 29.7 Å². The molecule has 0 aliphatic carbocycles. The molecule has 8 nitrogen and oxygen atoms in total. The molecule has 3 aromatic rings. The molecule has 3 heterocycles. The molecule has 0 spiro atoms. The van der Waals surface area contributed by atoms with Crippen LogP contribution in [0.1, 0.15) is 39.3 Å². The highest BCUT2D eigenvalue weighted by Crippen LogP contribution is 2.26. The van der Waals surface area contributed by atoms with Crippen molar-refractivity contribution in [1.82, 2.24) is 24.6 Å². The zero-order valence-electron chi connectivity index (χ0n) is 15.4. The number of Topliss-reactive ketones (excluding diaryl/α,β-unsaturated/α-hetero) is 1. The van der Waals surface area contributed by atoms with Gasteiger partial charge >= 0.3 is 0 Å². The summed E-state index contributed by atoms with van der Waals surface area (Å²) in [4.78, 5) is 35.4. The molecule has 1 unspecified atom stereocenters. The zero-order valence-corrected chi connectivity index (χ0v) is 15.4. The number of nitrogens with two attached hydrogens (primary N) is 1. The van der Waals surface area contributed by atoms with Crippen molar-refractivity contribution in [2.24, 2.45) is 0 Å². The molecule has 1 aromatic carbocycles. The first-order valence-electron chi connectivity index (χ1n) is 9.08. The lowest BCUT2D eigenvalue weighted by molar-refractivity contribution is 0.0667. The molecule has 28 heavy (non-hydrogen) atoms. The van der Waals surface area contributed by atoms with Crippen LogP contribution in [0.2, 0.25) is 0 Å². The molecule has 1 saturated heterocycles. The quantitative estimate of drug-likeness (QED) is 0.698. The van der Waals surface area contributed by atoms with Crippen LogP contribution in [0.5, 0.6) is 0 Å². The van der Waals surface area contributed by atoms with E-state index >= 15 is 0 Å². The maximum absolute atomic E-state index is 13.1. The highest BCUT2D eigenvalue weighted by molar-refractivity contribution is 6.06. The predicted molar refractivity (Wildman–Crippen MR) is 103 cm³/mol. The Morgan fingerprint density at radius 2 is 1.93 bits per heavy atom. The second kappa shape index (κ2) is 7.22. The van der Waals surface area contributed by atoms with Crippen LogP contribution in [0.3, 0.4) is 0 Å². The molecule has 4 rings (SSSR count). The molecular formula is C20H20N6O2. The van der Waals surface area contributed by atoms with Gasteiger partial charge in [-0.15, -0.1) is 0 Å². The van der Waals surface area contributed by atoms with E-state index in [4.69, 9.17) is 5.73 Å². The number of aromatic nitrogens is 4. The third-order valence-electron chi connectivity index (χ3n) is 4.95. The minimum atomic E-state index is -0.576. The van der Waals surface area contributed by atoms with Gasteiger partial charge in [0, 0.05) is 18.9 Å². The summed E-state index contributed by atoms with van der Waals surface area (Å²) in [6, 6.07) is 7.12. The van der Waals surface area contributed by atoms with E-state index in [-0.39, 0.29) is 23.2 Å². The standard InChI is InChI=1S/C20H20N6O2/c1-13-4-6-14(7-5-13)26-19(21)15(11-24-26)18(27)17-3-2-10-25(17)20(28)16-12-22-8-9-23-16/h4-9,11-12,17H,2-3,10,21H2,1H3. The minimum Gasteiger partial charge on any atom is -0.383 e. The van der Waals surface area contributed by atoms with Crippen LogP contribution in [0.4, 0.5) is 5.82 Å². The van der Waals surface area contributed by atoms with E-state index in [1.54, 1.807) is 4.90 Å². The van der Waals surface area contributed by atoms with E-state index in [0.29, 0.717) is 18.5 Å². The molecule has 0 saturated carbocycles. The highest BCUT2D eigenvalue weighted by Gasteiger charge is 2.37. The number of anilines is 1. The molecule has 1 aliphatic heterocycles. The number of benzene rings is 1. The lowest BCUT2D eigenvalue weighted by atomic mass is 10.0. The molecule has 1 atom stereocenters. The number of carbonyl (C=O) groups excluding carboxylic acids is 2. The number of likely N-dealkylation sites (tertiary alicyclic amines) is 1. The number of rotatable bonds is 4. The Balaban J connectivity index is 1.60. The lowest BCUT2D eigenvalue weighted by Crippen LogP contribution is -2.41. The number of nitrogens with zero attached hydrogens (tertiary/aromatic N) is 5. The fraction of sp³-hybridized carbons (Fsp3) is 0.250. The number of nitrogen functional groups attached to an aromatic ring is 1. The summed E-state index contributed by atoms with van der Waals surface area (Å²) >= 11 is 0. The topological polar surface area (TPSA) is 107 Å². The van der Waals surface area contributed by atoms with E-state index in [1.165, 1.54) is 29.5 Å². The second-order valence-corrected chi connectivity index (χ2v) is 6.80. The Morgan fingerprint density at radius 1 is 1.14 bits per heavy atom. The fourth-order valence-electron chi connectivity index (χ4n) is 3.46. The van der Waals surface area contributed by atoms with Crippen molar-refractivity contribution in [3.63, 3.8) is 0 Å². The number of aryl methyl sites for hydroxylation is 1. The minimum absolute atomic E-state index is 0.203. The predicted octanol–water partition coefficient (Wildman–Crippen LogP) is 2.04. The Labute approximate surface area is 162 Å². The van der Waals surface area contributed by atoms with Crippen molar-refractivity contribution in [3.05, 3.63) is 65.9 Å². The number of carbonyl (C=O) groups is 2. The van der Waals surface area contributed by atoms with Crippen LogP contribution in [0.25, 0.3) is 5.69 Å². The van der Waals surface area contributed by atoms with Crippen molar-refractivity contribution in [1.29, 1.82) is 0 Å². The summed E-state index contributed by atoms with van der Waals surface area (Å²) in [5.41, 5.74) is 8.68. The Kier molecular flexibility index (Phi) is 4.60. The summed E-state index contributed by atoms with van der Waals surface area (Å²) < 4.78 is 1.54. The summed E-state index contributed by atoms with van der Waals surface area (Å²) in [5, 5.41) is 4.28. The first-order valence-corrected chi connectivity index (χ1v) is 9.08. The molecule has 142 valence electrons. The van der Waals surface area contributed by atoms with Crippen LogP contribution < -0.4 is 5.73 Å². The van der Waals surface area contributed by atoms with E-state index < -0.39 is 6.04 Å². The SMILES string of the molecule is Cc1ccc(-n2ncc(C(=O)C3CCCN3C(=O)c3cnccn3)c2N)cc1. The first kappa shape index (κ1) is 17.8. The first-order chi connectivity index (χ1) is 13.6. The van der Waals surface area contributed by atoms with Crippen LogP contribution in [-0.4, -0.2) is 48.9 Å². The molecule has 2 N–H and O–H groups in total. The molecular weight excluding hydrogens is 356 g/mol. The van der Waals surface area contributed by atoms with E-state index in [9.17, 15) is 9.59 Å². The van der Waals surface area contributed by atoms with Crippen molar-refractivity contribution in [2.45, 2.75) is 25.8 Å². The average molecular weight is 376 g/mol. The normalized spacial score (nSPS) is 16.3. The maximum Gasteiger partial charge on any atom is 0.274 e. The summed E-state index contributed by atoms with van der Waals surface area (Å²) in [5.74, 6) is -0.230. The third kappa shape index (κ3) is 3.13. The number of hydrogen-bond acceptors (Lipinski definition) is 6. The van der Waals surface area contributed by atoms with Gasteiger partial charge in [-0.1, -0.05) is 17.7 Å². The van der Waals surface area contributed by atoms with Gasteiger partial charge < -0.3 is 10.6 Å². The van der Waals surface area contributed by atoms with E-state index in [0.717, 1.165) is 17.7 Å². The van der Waals surface area contributed by atoms with Gasteiger partial charge in [-0.05, 0) is 31.9 Å². The van der Waals surface area contributed by atoms with Gasteiger partial charge in [0.2, 0.25) is 0 Å². The van der Waals surface area contributed by atoms with Gasteiger partial charge in [0.1, 0.15) is 11.5 Å². The van der Waals surface area contributed by atoms with Gasteiger partial charge in [0.15, 0.2) is 5.78 Å². The molecule has 1 aliphatic rings. The number of hydrogen-bond donors (Lipinski definition) is 1. The van der Waals surface area contributed by atoms with E-state index in [2.05, 4.69) is 15.1 Å². The monoisotopic (exact) mass is 376 g/mol. The molecule has 1 amide bonds. The van der Waals surface area contributed by atoms with Gasteiger partial charge in [0.25, 0.3) is 5.91 Å². The summed E-state index contributed by atoms with van der Waals surface area (Å²) in [7, 11) is 0. The van der Waals surface area contributed by atoms with Crippen LogP contribution in [0, 0.1) is 6.92 Å². The lowest BCUT2D eigenvalue weighted by Gasteiger charge is -2.23. The van der Waals surface area contributed by atoms with Crippen LogP contribution >= 0.6 is 0 Å². The molecule has 1 fully saturated rings. The zero-order chi connectivity index (χ0) is 19.7. The molecule has 2 aromatic heterocycles. The largest absolute Gasteiger partial charge is 0.383 e. The Bertz CT molecular complexity index is 1010. The van der Waals surface area contributed by atoms with Crippen molar-refractivity contribution in [2.75, 3.05) is 12.3 Å². The molecule has 8 heteroatoms. The number of amides is 1.